The molecule has 2 amide bonds. The van der Waals surface area contributed by atoms with E-state index in [0.717, 1.165) is 73.2 Å². The van der Waals surface area contributed by atoms with Gasteiger partial charge in [0.25, 0.3) is 0 Å². The van der Waals surface area contributed by atoms with Gasteiger partial charge in [0.2, 0.25) is 0 Å². The van der Waals surface area contributed by atoms with Crippen LogP contribution in [0.5, 0.6) is 11.5 Å². The Labute approximate surface area is 190 Å². The number of hydrogen-bond acceptors (Lipinski definition) is 4. The van der Waals surface area contributed by atoms with Crippen molar-refractivity contribution in [2.45, 2.75) is 25.8 Å². The molecule has 0 unspecified atom stereocenters. The Morgan fingerprint density at radius 2 is 1.78 bits per heavy atom. The summed E-state index contributed by atoms with van der Waals surface area (Å²) in [6.45, 7) is 2.99. The quantitative estimate of drug-likeness (QED) is 0.434. The molecule has 8 nitrogen and oxygen atoms in total. The Hall–Kier alpha value is -3.42. The molecule has 1 heterocycles. The average Bonchev–Trinajstić information content (AvgIpc) is 3.36. The third-order valence-electron chi connectivity index (χ3n) is 5.41. The van der Waals surface area contributed by atoms with Crippen LogP contribution in [0.4, 0.5) is 10.5 Å². The molecule has 32 heavy (non-hydrogen) atoms. The van der Waals surface area contributed by atoms with E-state index < -0.39 is 0 Å². The van der Waals surface area contributed by atoms with Crippen LogP contribution in [-0.4, -0.2) is 57.8 Å². The Balaban J connectivity index is 1.46. The molecule has 3 rings (SSSR count). The molecule has 2 aromatic rings. The first-order chi connectivity index (χ1) is 15.6. The summed E-state index contributed by atoms with van der Waals surface area (Å²) in [6.07, 6.45) is 2.98. The average molecular weight is 440 g/mol. The topological polar surface area (TPSA) is 87.2 Å². The van der Waals surface area contributed by atoms with Crippen molar-refractivity contribution in [3.63, 3.8) is 0 Å². The maximum atomic E-state index is 12.3. The zero-order valence-corrected chi connectivity index (χ0v) is 19.1. The summed E-state index contributed by atoms with van der Waals surface area (Å²) in [5, 5.41) is 9.64. The minimum absolute atomic E-state index is 0.0275. The van der Waals surface area contributed by atoms with Gasteiger partial charge in [-0.25, -0.2) is 4.79 Å². The first kappa shape index (κ1) is 23.2. The molecular formula is C24H33N5O3. The zero-order valence-electron chi connectivity index (χ0n) is 19.1. The number of carbonyl (C=O) groups is 1. The first-order valence-corrected chi connectivity index (χ1v) is 10.9. The third-order valence-corrected chi connectivity index (χ3v) is 5.41. The van der Waals surface area contributed by atoms with Crippen LogP contribution < -0.4 is 25.4 Å². The van der Waals surface area contributed by atoms with Gasteiger partial charge >= 0.3 is 6.03 Å². The molecule has 0 saturated carbocycles. The highest BCUT2D eigenvalue weighted by molar-refractivity contribution is 5.89. The lowest BCUT2D eigenvalue weighted by Crippen LogP contribution is -2.37. The number of methoxy groups -OCH3 is 2. The van der Waals surface area contributed by atoms with Gasteiger partial charge < -0.3 is 30.3 Å². The van der Waals surface area contributed by atoms with Gasteiger partial charge in [0.05, 0.1) is 14.2 Å². The summed E-state index contributed by atoms with van der Waals surface area (Å²) in [4.78, 5) is 18.5. The van der Waals surface area contributed by atoms with Crippen molar-refractivity contribution in [3.05, 3.63) is 53.6 Å². The normalized spacial score (nSPS) is 13.6. The molecule has 0 radical (unpaired) electrons. The van der Waals surface area contributed by atoms with Crippen molar-refractivity contribution in [1.82, 2.24) is 15.5 Å². The van der Waals surface area contributed by atoms with E-state index in [-0.39, 0.29) is 6.03 Å². The van der Waals surface area contributed by atoms with Crippen LogP contribution in [0, 0.1) is 0 Å². The summed E-state index contributed by atoms with van der Waals surface area (Å²) in [6, 6.07) is 13.8. The minimum Gasteiger partial charge on any atom is -0.493 e. The van der Waals surface area contributed by atoms with Crippen LogP contribution >= 0.6 is 0 Å². The summed E-state index contributed by atoms with van der Waals surface area (Å²) in [5.41, 5.74) is 3.01. The van der Waals surface area contributed by atoms with Gasteiger partial charge in [-0.2, -0.15) is 0 Å². The second-order valence-electron chi connectivity index (χ2n) is 7.62. The molecule has 1 fully saturated rings. The molecule has 3 N–H and O–H groups in total. The number of ether oxygens (including phenoxy) is 2. The van der Waals surface area contributed by atoms with Gasteiger partial charge in [-0.05, 0) is 54.7 Å². The second kappa shape index (κ2) is 11.8. The van der Waals surface area contributed by atoms with Crippen molar-refractivity contribution in [1.29, 1.82) is 0 Å². The van der Waals surface area contributed by atoms with E-state index in [4.69, 9.17) is 9.47 Å². The van der Waals surface area contributed by atoms with Crippen molar-refractivity contribution in [2.24, 2.45) is 4.99 Å². The van der Waals surface area contributed by atoms with Crippen LogP contribution in [0.1, 0.15) is 24.0 Å². The first-order valence-electron chi connectivity index (χ1n) is 10.9. The van der Waals surface area contributed by atoms with E-state index in [1.54, 1.807) is 21.3 Å². The largest absolute Gasteiger partial charge is 0.493 e. The predicted molar refractivity (Wildman–Crippen MR) is 128 cm³/mol. The van der Waals surface area contributed by atoms with Crippen LogP contribution in [0.15, 0.2) is 47.5 Å². The lowest BCUT2D eigenvalue weighted by molar-refractivity contribution is 0.222. The third kappa shape index (κ3) is 6.54. The smallest absolute Gasteiger partial charge is 0.321 e. The lowest BCUT2D eigenvalue weighted by atomic mass is 10.1. The monoisotopic (exact) mass is 439 g/mol. The highest BCUT2D eigenvalue weighted by atomic mass is 16.5. The minimum atomic E-state index is -0.0275. The lowest BCUT2D eigenvalue weighted by Gasteiger charge is -2.17. The molecule has 0 aromatic heterocycles. The van der Waals surface area contributed by atoms with Gasteiger partial charge in [-0.1, -0.05) is 18.2 Å². The Bertz CT molecular complexity index is 926. The number of urea groups is 1. The van der Waals surface area contributed by atoms with Gasteiger partial charge in [0.15, 0.2) is 17.5 Å². The Morgan fingerprint density at radius 1 is 1.00 bits per heavy atom. The second-order valence-corrected chi connectivity index (χ2v) is 7.62. The number of aliphatic imine (C=N–C) groups is 1. The molecule has 172 valence electrons. The fourth-order valence-corrected chi connectivity index (χ4v) is 3.65. The number of nitrogens with zero attached hydrogens (tertiary/aromatic N) is 2. The van der Waals surface area contributed by atoms with E-state index in [2.05, 4.69) is 20.9 Å². The molecule has 1 aliphatic rings. The van der Waals surface area contributed by atoms with Gasteiger partial charge in [-0.15, -0.1) is 0 Å². The molecule has 1 aliphatic heterocycles. The maximum Gasteiger partial charge on any atom is 0.321 e. The molecule has 2 aromatic carbocycles. The van der Waals surface area contributed by atoms with Crippen LogP contribution in [-0.2, 0) is 13.0 Å². The number of rotatable bonds is 8. The Morgan fingerprint density at radius 3 is 2.50 bits per heavy atom. The zero-order chi connectivity index (χ0) is 22.8. The fraction of sp³-hybridized carbons (Fsp3) is 0.417. The van der Waals surface area contributed by atoms with Crippen molar-refractivity contribution in [2.75, 3.05) is 46.2 Å². The summed E-state index contributed by atoms with van der Waals surface area (Å²) >= 11 is 0. The molecular weight excluding hydrogens is 406 g/mol. The van der Waals surface area contributed by atoms with E-state index in [9.17, 15) is 4.79 Å². The van der Waals surface area contributed by atoms with Gasteiger partial charge in [-0.3, -0.25) is 4.99 Å². The van der Waals surface area contributed by atoms with E-state index >= 15 is 0 Å². The van der Waals surface area contributed by atoms with Crippen LogP contribution in [0.25, 0.3) is 0 Å². The summed E-state index contributed by atoms with van der Waals surface area (Å²) in [7, 11) is 5.02. The highest BCUT2D eigenvalue weighted by Gasteiger charge is 2.17. The number of likely N-dealkylation sites (tertiary alicyclic amines) is 1. The van der Waals surface area contributed by atoms with E-state index in [0.29, 0.717) is 6.54 Å². The summed E-state index contributed by atoms with van der Waals surface area (Å²) in [5.74, 6) is 2.17. The predicted octanol–water partition coefficient (Wildman–Crippen LogP) is 3.24. The van der Waals surface area contributed by atoms with Crippen molar-refractivity contribution < 1.29 is 14.3 Å². The number of guanidine groups is 1. The van der Waals surface area contributed by atoms with Gasteiger partial charge in [0, 0.05) is 38.9 Å². The number of benzene rings is 2. The highest BCUT2D eigenvalue weighted by Crippen LogP contribution is 2.27. The molecule has 0 bridgehead atoms. The molecule has 0 spiro atoms. The number of hydrogen-bond donors (Lipinski definition) is 3. The SMILES string of the molecule is CN=C(NCCc1ccc(OC)c(OC)c1)NCc1cccc(NC(=O)N2CCCC2)c1. The summed E-state index contributed by atoms with van der Waals surface area (Å²) < 4.78 is 10.7. The van der Waals surface area contributed by atoms with E-state index in [1.807, 2.05) is 47.4 Å². The van der Waals surface area contributed by atoms with Gasteiger partial charge in [0.1, 0.15) is 0 Å². The Kier molecular flexibility index (Phi) is 8.60. The van der Waals surface area contributed by atoms with Crippen LogP contribution in [0.3, 0.4) is 0 Å². The van der Waals surface area contributed by atoms with Crippen molar-refractivity contribution in [3.8, 4) is 11.5 Å². The molecule has 8 heteroatoms. The molecule has 0 aliphatic carbocycles. The number of amides is 2. The van der Waals surface area contributed by atoms with Crippen LogP contribution in [0.2, 0.25) is 0 Å². The van der Waals surface area contributed by atoms with Crippen molar-refractivity contribution >= 4 is 17.7 Å². The number of anilines is 1. The van der Waals surface area contributed by atoms with E-state index in [1.165, 1.54) is 0 Å². The fourth-order valence-electron chi connectivity index (χ4n) is 3.65. The number of nitrogens with one attached hydrogen (secondary N) is 3. The molecule has 0 atom stereocenters. The maximum absolute atomic E-state index is 12.3. The number of carbonyl (C=O) groups excluding carboxylic acids is 1. The molecule has 1 saturated heterocycles. The standard InChI is InChI=1S/C24H33N5O3/c1-25-23(26-12-11-18-9-10-21(31-2)22(16-18)32-3)27-17-19-7-6-8-20(15-19)28-24(30)29-13-4-5-14-29/h6-10,15-16H,4-5,11-14,17H2,1-3H3,(H,28,30)(H2,25,26,27).